The lowest BCUT2D eigenvalue weighted by Gasteiger charge is -2.13. The van der Waals surface area contributed by atoms with Crippen LogP contribution >= 0.6 is 0 Å². The average molecular weight is 262 g/mol. The van der Waals surface area contributed by atoms with E-state index < -0.39 is 6.10 Å². The van der Waals surface area contributed by atoms with Crippen molar-refractivity contribution in [3.05, 3.63) is 70.8 Å². The van der Waals surface area contributed by atoms with Gasteiger partial charge in [0.2, 0.25) is 0 Å². The monoisotopic (exact) mass is 262 g/mol. The number of aliphatic hydroxyl groups excluding tert-OH is 1. The summed E-state index contributed by atoms with van der Waals surface area (Å²) in [5.41, 5.74) is 2.62. The van der Waals surface area contributed by atoms with E-state index in [1.807, 2.05) is 6.92 Å². The fourth-order valence-electron chi connectivity index (χ4n) is 2.08. The van der Waals surface area contributed by atoms with E-state index in [-0.39, 0.29) is 11.6 Å². The fourth-order valence-corrected chi connectivity index (χ4v) is 2.08. The number of hydrogen-bond donors (Lipinski definition) is 1. The van der Waals surface area contributed by atoms with Crippen LogP contribution in [-0.2, 0) is 12.8 Å². The SMILES string of the molecule is Cc1ccc(F)cc1CC(O)Cc1ccc(F)cc1. The molecule has 0 amide bonds. The highest BCUT2D eigenvalue weighted by molar-refractivity contribution is 5.27. The Balaban J connectivity index is 2.02. The van der Waals surface area contributed by atoms with Crippen LogP contribution in [-0.4, -0.2) is 11.2 Å². The molecule has 0 heterocycles. The molecule has 3 heteroatoms. The van der Waals surface area contributed by atoms with Crippen LogP contribution in [0, 0.1) is 18.6 Å². The molecule has 0 spiro atoms. The second kappa shape index (κ2) is 5.93. The molecule has 2 aromatic rings. The second-order valence-corrected chi connectivity index (χ2v) is 4.76. The third-order valence-corrected chi connectivity index (χ3v) is 3.15. The summed E-state index contributed by atoms with van der Waals surface area (Å²) in [6, 6.07) is 10.6. The predicted octanol–water partition coefficient (Wildman–Crippen LogP) is 3.42. The van der Waals surface area contributed by atoms with Crippen molar-refractivity contribution >= 4 is 0 Å². The summed E-state index contributed by atoms with van der Waals surface area (Å²) in [6.07, 6.45) is 0.211. The van der Waals surface area contributed by atoms with Gasteiger partial charge in [0, 0.05) is 0 Å². The molecule has 0 aliphatic rings. The Morgan fingerprint density at radius 3 is 2.26 bits per heavy atom. The Bertz CT molecular complexity index is 549. The summed E-state index contributed by atoms with van der Waals surface area (Å²) >= 11 is 0. The van der Waals surface area contributed by atoms with Gasteiger partial charge in [-0.25, -0.2) is 8.78 Å². The zero-order valence-electron chi connectivity index (χ0n) is 10.7. The molecular weight excluding hydrogens is 246 g/mol. The first-order valence-corrected chi connectivity index (χ1v) is 6.22. The zero-order chi connectivity index (χ0) is 13.8. The highest BCUT2D eigenvalue weighted by Gasteiger charge is 2.09. The third kappa shape index (κ3) is 3.86. The van der Waals surface area contributed by atoms with Crippen LogP contribution in [0.2, 0.25) is 0 Å². The maximum absolute atomic E-state index is 13.1. The van der Waals surface area contributed by atoms with Crippen LogP contribution in [0.4, 0.5) is 8.78 Å². The second-order valence-electron chi connectivity index (χ2n) is 4.76. The van der Waals surface area contributed by atoms with Gasteiger partial charge < -0.3 is 5.11 Å². The van der Waals surface area contributed by atoms with Crippen molar-refractivity contribution in [2.45, 2.75) is 25.9 Å². The molecule has 0 radical (unpaired) electrons. The number of aliphatic hydroxyl groups is 1. The normalized spacial score (nSPS) is 12.4. The molecule has 1 nitrogen and oxygen atoms in total. The highest BCUT2D eigenvalue weighted by atomic mass is 19.1. The van der Waals surface area contributed by atoms with Crippen LogP contribution in [0.25, 0.3) is 0 Å². The van der Waals surface area contributed by atoms with Gasteiger partial charge in [-0.3, -0.25) is 0 Å². The topological polar surface area (TPSA) is 20.2 Å². The Labute approximate surface area is 111 Å². The molecule has 2 rings (SSSR count). The molecule has 19 heavy (non-hydrogen) atoms. The predicted molar refractivity (Wildman–Crippen MR) is 71.0 cm³/mol. The Hall–Kier alpha value is -1.74. The number of benzene rings is 2. The molecule has 1 unspecified atom stereocenters. The lowest BCUT2D eigenvalue weighted by molar-refractivity contribution is 0.175. The van der Waals surface area contributed by atoms with E-state index in [1.54, 1.807) is 18.2 Å². The first-order valence-electron chi connectivity index (χ1n) is 6.22. The van der Waals surface area contributed by atoms with Gasteiger partial charge in [0.15, 0.2) is 0 Å². The molecule has 1 atom stereocenters. The van der Waals surface area contributed by atoms with E-state index >= 15 is 0 Å². The summed E-state index contributed by atoms with van der Waals surface area (Å²) in [6.45, 7) is 1.89. The average Bonchev–Trinajstić information content (AvgIpc) is 2.37. The van der Waals surface area contributed by atoms with E-state index in [0.29, 0.717) is 12.8 Å². The zero-order valence-corrected chi connectivity index (χ0v) is 10.7. The number of aryl methyl sites for hydroxylation is 1. The fraction of sp³-hybridized carbons (Fsp3) is 0.250. The smallest absolute Gasteiger partial charge is 0.123 e. The van der Waals surface area contributed by atoms with Crippen molar-refractivity contribution in [2.75, 3.05) is 0 Å². The van der Waals surface area contributed by atoms with E-state index in [4.69, 9.17) is 0 Å². The van der Waals surface area contributed by atoms with Gasteiger partial charge in [0.1, 0.15) is 11.6 Å². The van der Waals surface area contributed by atoms with E-state index in [0.717, 1.165) is 16.7 Å². The van der Waals surface area contributed by atoms with E-state index in [9.17, 15) is 13.9 Å². The lowest BCUT2D eigenvalue weighted by Crippen LogP contribution is -2.14. The molecule has 0 saturated carbocycles. The molecule has 1 N–H and O–H groups in total. The Morgan fingerprint density at radius 2 is 1.58 bits per heavy atom. The third-order valence-electron chi connectivity index (χ3n) is 3.15. The van der Waals surface area contributed by atoms with Gasteiger partial charge in [-0.1, -0.05) is 18.2 Å². The maximum atomic E-state index is 13.1. The highest BCUT2D eigenvalue weighted by Crippen LogP contribution is 2.15. The van der Waals surface area contributed by atoms with Crippen LogP contribution in [0.1, 0.15) is 16.7 Å². The van der Waals surface area contributed by atoms with Gasteiger partial charge in [-0.05, 0) is 60.7 Å². The number of rotatable bonds is 4. The summed E-state index contributed by atoms with van der Waals surface area (Å²) in [5.74, 6) is -0.589. The maximum Gasteiger partial charge on any atom is 0.123 e. The molecule has 0 bridgehead atoms. The largest absolute Gasteiger partial charge is 0.392 e. The van der Waals surface area contributed by atoms with Gasteiger partial charge in [0.05, 0.1) is 6.10 Å². The molecule has 2 aromatic carbocycles. The van der Waals surface area contributed by atoms with Gasteiger partial charge in [-0.2, -0.15) is 0 Å². The van der Waals surface area contributed by atoms with Crippen LogP contribution < -0.4 is 0 Å². The molecule has 0 aliphatic heterocycles. The minimum Gasteiger partial charge on any atom is -0.392 e. The van der Waals surface area contributed by atoms with Crippen LogP contribution in [0.5, 0.6) is 0 Å². The Morgan fingerprint density at radius 1 is 0.947 bits per heavy atom. The van der Waals surface area contributed by atoms with Gasteiger partial charge >= 0.3 is 0 Å². The lowest BCUT2D eigenvalue weighted by atomic mass is 9.98. The van der Waals surface area contributed by atoms with Crippen molar-refractivity contribution in [3.63, 3.8) is 0 Å². The molecule has 0 aromatic heterocycles. The van der Waals surface area contributed by atoms with Gasteiger partial charge in [-0.15, -0.1) is 0 Å². The number of halogens is 2. The summed E-state index contributed by atoms with van der Waals surface area (Å²) < 4.78 is 25.9. The van der Waals surface area contributed by atoms with Crippen molar-refractivity contribution < 1.29 is 13.9 Å². The standard InChI is InChI=1S/C16H16F2O/c1-11-2-5-15(18)9-13(11)10-16(19)8-12-3-6-14(17)7-4-12/h2-7,9,16,19H,8,10H2,1H3. The first kappa shape index (κ1) is 13.7. The first-order chi connectivity index (χ1) is 9.04. The summed E-state index contributed by atoms with van der Waals surface area (Å²) in [7, 11) is 0. The van der Waals surface area contributed by atoms with Crippen molar-refractivity contribution in [3.8, 4) is 0 Å². The molecule has 100 valence electrons. The molecule has 0 fully saturated rings. The van der Waals surface area contributed by atoms with E-state index in [2.05, 4.69) is 0 Å². The minimum atomic E-state index is -0.606. The van der Waals surface area contributed by atoms with Crippen molar-refractivity contribution in [1.82, 2.24) is 0 Å². The molecule has 0 aliphatic carbocycles. The quantitative estimate of drug-likeness (QED) is 0.895. The number of hydrogen-bond acceptors (Lipinski definition) is 1. The van der Waals surface area contributed by atoms with Crippen molar-refractivity contribution in [2.24, 2.45) is 0 Å². The molecular formula is C16H16F2O. The van der Waals surface area contributed by atoms with Crippen LogP contribution in [0.3, 0.4) is 0 Å². The van der Waals surface area contributed by atoms with E-state index in [1.165, 1.54) is 24.3 Å². The van der Waals surface area contributed by atoms with Crippen LogP contribution in [0.15, 0.2) is 42.5 Å². The summed E-state index contributed by atoms with van der Waals surface area (Å²) in [5, 5.41) is 10.0. The van der Waals surface area contributed by atoms with Crippen molar-refractivity contribution in [1.29, 1.82) is 0 Å². The minimum absolute atomic E-state index is 0.292. The summed E-state index contributed by atoms with van der Waals surface area (Å²) in [4.78, 5) is 0. The molecule has 0 saturated heterocycles. The Kier molecular flexibility index (Phi) is 4.27. The van der Waals surface area contributed by atoms with Gasteiger partial charge in [0.25, 0.3) is 0 Å².